The number of nitrogen functional groups attached to an aromatic ring is 1. The molecule has 1 saturated carbocycles. The Labute approximate surface area is 218 Å². The zero-order chi connectivity index (χ0) is 27.1. The molecule has 2 saturated heterocycles. The number of esters is 2. The Balaban J connectivity index is 1.51. The highest BCUT2D eigenvalue weighted by Gasteiger charge is 2.63. The Hall–Kier alpha value is -3.92. The van der Waals surface area contributed by atoms with Gasteiger partial charge in [0.25, 0.3) is 0 Å². The molecule has 3 aliphatic rings. The van der Waals surface area contributed by atoms with Gasteiger partial charge in [-0.15, -0.1) is 0 Å². The molecule has 0 unspecified atom stereocenters. The average Bonchev–Trinajstić information content (AvgIpc) is 3.57. The van der Waals surface area contributed by atoms with Gasteiger partial charge in [-0.05, 0) is 43.2 Å². The Morgan fingerprint density at radius 2 is 1.92 bits per heavy atom. The Bertz CT molecular complexity index is 1300. The van der Waals surface area contributed by atoms with Crippen molar-refractivity contribution in [2.45, 2.75) is 82.4 Å². The van der Waals surface area contributed by atoms with Crippen molar-refractivity contribution >= 4 is 29.4 Å². The maximum absolute atomic E-state index is 13.0. The zero-order valence-corrected chi connectivity index (χ0v) is 21.1. The number of nitriles is 1. The van der Waals surface area contributed by atoms with Crippen molar-refractivity contribution < 1.29 is 38.1 Å². The standard InChI is InChI=1S/C25H29N5O8/c1-24(2)9-18(31)36-20-16(11-34-23(33)35-14-5-3-4-6-14)38-25(12-26,21(20)37-19(32)10-24)17-8-7-15-22(27)28-13-29-30(15)17/h7-8,13-14,16,20-21H,3-6,9-11H2,1-2H3,(H2,27,28,29)/t16-,20-,21-,25+/m1/s1. The monoisotopic (exact) mass is 527 g/mol. The molecule has 2 N–H and O–H groups in total. The summed E-state index contributed by atoms with van der Waals surface area (Å²) in [5, 5.41) is 14.7. The number of nitrogens with two attached hydrogens (primary N) is 1. The van der Waals surface area contributed by atoms with Crippen molar-refractivity contribution in [2.75, 3.05) is 12.3 Å². The first kappa shape index (κ1) is 25.7. The Morgan fingerprint density at radius 1 is 1.21 bits per heavy atom. The van der Waals surface area contributed by atoms with E-state index in [0.717, 1.165) is 25.7 Å². The van der Waals surface area contributed by atoms with Crippen LogP contribution in [0.25, 0.3) is 5.52 Å². The molecule has 38 heavy (non-hydrogen) atoms. The second-order valence-electron chi connectivity index (χ2n) is 10.6. The third-order valence-electron chi connectivity index (χ3n) is 7.13. The highest BCUT2D eigenvalue weighted by molar-refractivity contribution is 5.75. The number of aromatic nitrogens is 3. The van der Waals surface area contributed by atoms with E-state index in [9.17, 15) is 19.6 Å². The Kier molecular flexibility index (Phi) is 6.60. The van der Waals surface area contributed by atoms with Gasteiger partial charge in [-0.25, -0.2) is 14.3 Å². The van der Waals surface area contributed by atoms with Crippen LogP contribution in [0.15, 0.2) is 18.5 Å². The number of carbonyl (C=O) groups excluding carboxylic acids is 3. The maximum atomic E-state index is 13.0. The van der Waals surface area contributed by atoms with Crippen LogP contribution in [0.3, 0.4) is 0 Å². The number of nitrogens with zero attached hydrogens (tertiary/aromatic N) is 4. The second kappa shape index (κ2) is 9.75. The summed E-state index contributed by atoms with van der Waals surface area (Å²) in [6, 6.07) is 5.25. The predicted octanol–water partition coefficient (Wildman–Crippen LogP) is 2.17. The lowest BCUT2D eigenvalue weighted by Crippen LogP contribution is -2.45. The molecule has 0 aromatic carbocycles. The summed E-state index contributed by atoms with van der Waals surface area (Å²) in [6.07, 6.45) is -0.431. The number of ether oxygens (including phenoxy) is 5. The first-order valence-electron chi connectivity index (χ1n) is 12.5. The largest absolute Gasteiger partial charge is 0.508 e. The lowest BCUT2D eigenvalue weighted by atomic mass is 9.86. The first-order chi connectivity index (χ1) is 18.1. The van der Waals surface area contributed by atoms with Gasteiger partial charge >= 0.3 is 18.1 Å². The lowest BCUT2D eigenvalue weighted by Gasteiger charge is -2.28. The van der Waals surface area contributed by atoms with E-state index in [4.69, 9.17) is 29.4 Å². The molecule has 0 amide bonds. The molecule has 3 fully saturated rings. The van der Waals surface area contributed by atoms with Gasteiger partial charge in [0.15, 0.2) is 18.0 Å². The minimum absolute atomic E-state index is 0.0695. The molecule has 2 aromatic rings. The summed E-state index contributed by atoms with van der Waals surface area (Å²) >= 11 is 0. The summed E-state index contributed by atoms with van der Waals surface area (Å²) in [4.78, 5) is 42.2. The highest BCUT2D eigenvalue weighted by Crippen LogP contribution is 2.45. The SMILES string of the molecule is CC1(C)CC(=O)O[C@H]2[C@@H](OC(=O)C1)[C@](C#N)(c1ccc3c(N)ncnn13)O[C@@H]2COC(=O)OC1CCCC1. The van der Waals surface area contributed by atoms with Gasteiger partial charge < -0.3 is 29.4 Å². The first-order valence-corrected chi connectivity index (χ1v) is 12.5. The second-order valence-corrected chi connectivity index (χ2v) is 10.6. The number of hydrogen-bond acceptors (Lipinski definition) is 12. The lowest BCUT2D eigenvalue weighted by molar-refractivity contribution is -0.166. The molecule has 4 heterocycles. The van der Waals surface area contributed by atoms with Crippen molar-refractivity contribution in [3.05, 3.63) is 24.2 Å². The fourth-order valence-electron chi connectivity index (χ4n) is 5.35. The van der Waals surface area contributed by atoms with Crippen molar-refractivity contribution in [2.24, 2.45) is 5.41 Å². The molecule has 202 valence electrons. The van der Waals surface area contributed by atoms with E-state index in [1.54, 1.807) is 26.0 Å². The summed E-state index contributed by atoms with van der Waals surface area (Å²) in [6.45, 7) is 3.07. The van der Waals surface area contributed by atoms with Gasteiger partial charge in [0.2, 0.25) is 5.60 Å². The van der Waals surface area contributed by atoms with Crippen molar-refractivity contribution in [1.82, 2.24) is 14.6 Å². The number of rotatable bonds is 4. The normalized spacial score (nSPS) is 29.3. The topological polar surface area (TPSA) is 177 Å². The van der Waals surface area contributed by atoms with Crippen molar-refractivity contribution in [1.29, 1.82) is 5.26 Å². The van der Waals surface area contributed by atoms with Crippen LogP contribution in [0.1, 0.15) is 58.1 Å². The molecular weight excluding hydrogens is 498 g/mol. The molecule has 13 heteroatoms. The van der Waals surface area contributed by atoms with Crippen LogP contribution in [0.2, 0.25) is 0 Å². The van der Waals surface area contributed by atoms with Gasteiger partial charge in [0.1, 0.15) is 36.7 Å². The van der Waals surface area contributed by atoms with Crippen LogP contribution >= 0.6 is 0 Å². The smallest absolute Gasteiger partial charge is 0.455 e. The molecular formula is C25H29N5O8. The average molecular weight is 528 g/mol. The molecule has 0 radical (unpaired) electrons. The Morgan fingerprint density at radius 3 is 2.63 bits per heavy atom. The molecule has 1 aliphatic carbocycles. The maximum Gasteiger partial charge on any atom is 0.508 e. The van der Waals surface area contributed by atoms with E-state index >= 15 is 0 Å². The minimum Gasteiger partial charge on any atom is -0.455 e. The molecule has 13 nitrogen and oxygen atoms in total. The summed E-state index contributed by atoms with van der Waals surface area (Å²) in [5.74, 6) is -1.09. The molecule has 5 rings (SSSR count). The van der Waals surface area contributed by atoms with Gasteiger partial charge in [-0.2, -0.15) is 10.4 Å². The van der Waals surface area contributed by atoms with Crippen molar-refractivity contribution in [3.8, 4) is 6.07 Å². The van der Waals surface area contributed by atoms with Gasteiger partial charge in [-0.3, -0.25) is 9.59 Å². The van der Waals surface area contributed by atoms with E-state index < -0.39 is 54.0 Å². The summed E-state index contributed by atoms with van der Waals surface area (Å²) < 4.78 is 29.8. The van der Waals surface area contributed by atoms with Crippen LogP contribution in [0, 0.1) is 16.7 Å². The highest BCUT2D eigenvalue weighted by atomic mass is 16.7. The predicted molar refractivity (Wildman–Crippen MR) is 127 cm³/mol. The van der Waals surface area contributed by atoms with Crippen LogP contribution in [0.4, 0.5) is 10.6 Å². The number of anilines is 1. The van der Waals surface area contributed by atoms with Crippen molar-refractivity contribution in [3.63, 3.8) is 0 Å². The molecule has 2 aliphatic heterocycles. The zero-order valence-electron chi connectivity index (χ0n) is 21.1. The van der Waals surface area contributed by atoms with E-state index in [1.807, 2.05) is 0 Å². The van der Waals surface area contributed by atoms with E-state index in [0.29, 0.717) is 5.52 Å². The fourth-order valence-corrected chi connectivity index (χ4v) is 5.35. The van der Waals surface area contributed by atoms with Crippen LogP contribution in [0.5, 0.6) is 0 Å². The fraction of sp³-hybridized carbons (Fsp3) is 0.600. The number of carbonyl (C=O) groups is 3. The van der Waals surface area contributed by atoms with E-state index in [1.165, 1.54) is 10.8 Å². The van der Waals surface area contributed by atoms with Crippen LogP contribution in [-0.4, -0.2) is 63.7 Å². The number of hydrogen-bond donors (Lipinski definition) is 1. The van der Waals surface area contributed by atoms with Crippen LogP contribution < -0.4 is 5.73 Å². The quantitative estimate of drug-likeness (QED) is 0.453. The molecule has 4 atom stereocenters. The third kappa shape index (κ3) is 4.71. The third-order valence-corrected chi connectivity index (χ3v) is 7.13. The van der Waals surface area contributed by atoms with Gasteiger partial charge in [0.05, 0.1) is 18.5 Å². The summed E-state index contributed by atoms with van der Waals surface area (Å²) in [7, 11) is 0. The summed E-state index contributed by atoms with van der Waals surface area (Å²) in [5.41, 5.74) is 3.82. The molecule has 0 bridgehead atoms. The number of fused-ring (bicyclic) bond motifs is 2. The van der Waals surface area contributed by atoms with Gasteiger partial charge in [0, 0.05) is 0 Å². The van der Waals surface area contributed by atoms with E-state index in [-0.39, 0.29) is 30.5 Å². The minimum atomic E-state index is -1.98. The van der Waals surface area contributed by atoms with Crippen LogP contribution in [-0.2, 0) is 38.9 Å². The molecule has 0 spiro atoms. The molecule has 2 aromatic heterocycles. The van der Waals surface area contributed by atoms with Gasteiger partial charge in [-0.1, -0.05) is 13.8 Å². The van der Waals surface area contributed by atoms with E-state index in [2.05, 4.69) is 16.2 Å².